The fourth-order valence-electron chi connectivity index (χ4n) is 4.15. The molecular formula is C17H33N3. The smallest absolute Gasteiger partial charge is 0.0224 e. The normalized spacial score (nSPS) is 33.9. The molecule has 2 heterocycles. The zero-order valence-corrected chi connectivity index (χ0v) is 13.5. The van der Waals surface area contributed by atoms with Crippen molar-refractivity contribution in [2.24, 2.45) is 0 Å². The highest BCUT2D eigenvalue weighted by atomic mass is 15.3. The average molecular weight is 279 g/mol. The minimum atomic E-state index is 0.746. The number of hydrogen-bond acceptors (Lipinski definition) is 3. The molecule has 3 unspecified atom stereocenters. The molecular weight excluding hydrogens is 246 g/mol. The van der Waals surface area contributed by atoms with E-state index in [0.29, 0.717) is 0 Å². The lowest BCUT2D eigenvalue weighted by Gasteiger charge is -2.49. The van der Waals surface area contributed by atoms with Crippen LogP contribution in [0.25, 0.3) is 0 Å². The highest BCUT2D eigenvalue weighted by Gasteiger charge is 2.34. The predicted octanol–water partition coefficient (Wildman–Crippen LogP) is 2.47. The molecule has 2 aliphatic heterocycles. The van der Waals surface area contributed by atoms with Crippen molar-refractivity contribution in [1.82, 2.24) is 15.1 Å². The molecule has 3 heteroatoms. The van der Waals surface area contributed by atoms with Crippen LogP contribution in [0, 0.1) is 0 Å². The summed E-state index contributed by atoms with van der Waals surface area (Å²) >= 11 is 0. The second-order valence-electron chi connectivity index (χ2n) is 7.41. The molecule has 3 nitrogen and oxygen atoms in total. The highest BCUT2D eigenvalue weighted by molar-refractivity contribution is 4.91. The van der Waals surface area contributed by atoms with Crippen molar-refractivity contribution in [2.45, 2.75) is 83.0 Å². The third-order valence-corrected chi connectivity index (χ3v) is 5.61. The first kappa shape index (κ1) is 14.8. The molecule has 1 saturated carbocycles. The minimum Gasteiger partial charge on any atom is -0.314 e. The minimum absolute atomic E-state index is 0.746. The van der Waals surface area contributed by atoms with E-state index in [2.05, 4.69) is 29.0 Å². The first-order chi connectivity index (χ1) is 9.74. The Labute approximate surface area is 125 Å². The molecule has 3 fully saturated rings. The molecule has 3 rings (SSSR count). The zero-order chi connectivity index (χ0) is 13.9. The van der Waals surface area contributed by atoms with Crippen LogP contribution in [-0.2, 0) is 0 Å². The van der Waals surface area contributed by atoms with Crippen molar-refractivity contribution in [2.75, 3.05) is 26.2 Å². The van der Waals surface area contributed by atoms with Crippen LogP contribution in [0.5, 0.6) is 0 Å². The first-order valence-corrected chi connectivity index (χ1v) is 8.97. The molecule has 0 radical (unpaired) electrons. The molecule has 1 N–H and O–H groups in total. The molecule has 0 aromatic heterocycles. The predicted molar refractivity (Wildman–Crippen MR) is 85.1 cm³/mol. The maximum absolute atomic E-state index is 3.64. The number of piperazine rings is 1. The standard InChI is InChI=1S/C17H33N3/c1-14(6-5-10-18-16-8-9-16)20-13-17-7-3-4-11-19(17)12-15(20)2/h14-18H,3-13H2,1-2H3. The second-order valence-corrected chi connectivity index (χ2v) is 7.41. The van der Waals surface area contributed by atoms with Crippen molar-refractivity contribution in [3.63, 3.8) is 0 Å². The lowest BCUT2D eigenvalue weighted by molar-refractivity contribution is -0.00595. The Morgan fingerprint density at radius 1 is 1.15 bits per heavy atom. The van der Waals surface area contributed by atoms with E-state index < -0.39 is 0 Å². The molecule has 0 bridgehead atoms. The summed E-state index contributed by atoms with van der Waals surface area (Å²) in [6.45, 7) is 10.1. The van der Waals surface area contributed by atoms with Gasteiger partial charge in [0.15, 0.2) is 0 Å². The fourth-order valence-corrected chi connectivity index (χ4v) is 4.15. The average Bonchev–Trinajstić information content (AvgIpc) is 3.27. The summed E-state index contributed by atoms with van der Waals surface area (Å²) in [6, 6.07) is 3.23. The number of nitrogens with one attached hydrogen (secondary N) is 1. The van der Waals surface area contributed by atoms with Crippen molar-refractivity contribution in [3.05, 3.63) is 0 Å². The number of hydrogen-bond donors (Lipinski definition) is 1. The van der Waals surface area contributed by atoms with Gasteiger partial charge in [0, 0.05) is 37.3 Å². The zero-order valence-electron chi connectivity index (χ0n) is 13.5. The van der Waals surface area contributed by atoms with Crippen molar-refractivity contribution >= 4 is 0 Å². The summed E-state index contributed by atoms with van der Waals surface area (Å²) < 4.78 is 0. The Hall–Kier alpha value is -0.120. The Bertz CT molecular complexity index is 303. The van der Waals surface area contributed by atoms with Gasteiger partial charge in [-0.15, -0.1) is 0 Å². The van der Waals surface area contributed by atoms with Gasteiger partial charge in [0.05, 0.1) is 0 Å². The van der Waals surface area contributed by atoms with Gasteiger partial charge in [0.2, 0.25) is 0 Å². The van der Waals surface area contributed by atoms with Crippen LogP contribution in [0.1, 0.15) is 58.8 Å². The molecule has 3 atom stereocenters. The summed E-state index contributed by atoms with van der Waals surface area (Å²) in [5.74, 6) is 0. The molecule has 116 valence electrons. The van der Waals surface area contributed by atoms with Gasteiger partial charge in [-0.2, -0.15) is 0 Å². The van der Waals surface area contributed by atoms with Crippen molar-refractivity contribution in [3.8, 4) is 0 Å². The van der Waals surface area contributed by atoms with Crippen LogP contribution >= 0.6 is 0 Å². The first-order valence-electron chi connectivity index (χ1n) is 8.97. The molecule has 0 amide bonds. The van der Waals surface area contributed by atoms with Gasteiger partial charge in [-0.25, -0.2) is 0 Å². The van der Waals surface area contributed by atoms with E-state index >= 15 is 0 Å². The molecule has 1 aliphatic carbocycles. The molecule has 0 spiro atoms. The number of fused-ring (bicyclic) bond motifs is 1. The lowest BCUT2D eigenvalue weighted by Crippen LogP contribution is -2.60. The number of nitrogens with zero attached hydrogens (tertiary/aromatic N) is 2. The monoisotopic (exact) mass is 279 g/mol. The summed E-state index contributed by atoms with van der Waals surface area (Å²) in [5.41, 5.74) is 0. The molecule has 2 saturated heterocycles. The van der Waals surface area contributed by atoms with Gasteiger partial charge in [-0.1, -0.05) is 6.42 Å². The van der Waals surface area contributed by atoms with Crippen LogP contribution in [0.2, 0.25) is 0 Å². The van der Waals surface area contributed by atoms with Gasteiger partial charge in [-0.05, 0) is 65.5 Å². The maximum Gasteiger partial charge on any atom is 0.0224 e. The molecule has 0 aromatic carbocycles. The maximum atomic E-state index is 3.64. The Morgan fingerprint density at radius 3 is 2.80 bits per heavy atom. The van der Waals surface area contributed by atoms with Crippen LogP contribution in [0.15, 0.2) is 0 Å². The van der Waals surface area contributed by atoms with E-state index in [4.69, 9.17) is 0 Å². The van der Waals surface area contributed by atoms with Crippen LogP contribution in [0.4, 0.5) is 0 Å². The quantitative estimate of drug-likeness (QED) is 0.754. The van der Waals surface area contributed by atoms with Crippen LogP contribution in [0.3, 0.4) is 0 Å². The lowest BCUT2D eigenvalue weighted by atomic mass is 9.95. The van der Waals surface area contributed by atoms with Gasteiger partial charge in [-0.3, -0.25) is 9.80 Å². The van der Waals surface area contributed by atoms with E-state index in [1.807, 2.05) is 0 Å². The van der Waals surface area contributed by atoms with Crippen molar-refractivity contribution < 1.29 is 0 Å². The van der Waals surface area contributed by atoms with E-state index in [1.54, 1.807) is 0 Å². The third-order valence-electron chi connectivity index (χ3n) is 5.61. The summed E-state index contributed by atoms with van der Waals surface area (Å²) in [7, 11) is 0. The van der Waals surface area contributed by atoms with E-state index in [1.165, 1.54) is 71.1 Å². The van der Waals surface area contributed by atoms with Gasteiger partial charge in [0.1, 0.15) is 0 Å². The highest BCUT2D eigenvalue weighted by Crippen LogP contribution is 2.26. The van der Waals surface area contributed by atoms with Crippen LogP contribution in [-0.4, -0.2) is 60.1 Å². The van der Waals surface area contributed by atoms with Crippen LogP contribution < -0.4 is 5.32 Å². The van der Waals surface area contributed by atoms with E-state index in [9.17, 15) is 0 Å². The van der Waals surface area contributed by atoms with Crippen molar-refractivity contribution in [1.29, 1.82) is 0 Å². The topological polar surface area (TPSA) is 18.5 Å². The molecule has 20 heavy (non-hydrogen) atoms. The summed E-state index contributed by atoms with van der Waals surface area (Å²) in [6.07, 6.45) is 9.83. The SMILES string of the molecule is CC(CCCNC1CC1)N1CC2CCCCN2CC1C. The largest absolute Gasteiger partial charge is 0.314 e. The number of piperidine rings is 1. The van der Waals surface area contributed by atoms with Gasteiger partial charge < -0.3 is 5.32 Å². The summed E-state index contributed by atoms with van der Waals surface area (Å²) in [5, 5.41) is 3.64. The summed E-state index contributed by atoms with van der Waals surface area (Å²) in [4.78, 5) is 5.55. The second kappa shape index (κ2) is 6.76. The number of rotatable bonds is 6. The molecule has 0 aromatic rings. The third kappa shape index (κ3) is 3.75. The molecule has 3 aliphatic rings. The fraction of sp³-hybridized carbons (Fsp3) is 1.00. The van der Waals surface area contributed by atoms with Gasteiger partial charge >= 0.3 is 0 Å². The van der Waals surface area contributed by atoms with Gasteiger partial charge in [0.25, 0.3) is 0 Å². The Morgan fingerprint density at radius 2 is 2.00 bits per heavy atom. The Kier molecular flexibility index (Phi) is 5.00. The van der Waals surface area contributed by atoms with E-state index in [-0.39, 0.29) is 0 Å². The van der Waals surface area contributed by atoms with E-state index in [0.717, 1.165) is 24.2 Å². The Balaban J connectivity index is 1.42.